The van der Waals surface area contributed by atoms with E-state index in [4.69, 9.17) is 17.3 Å². The molecule has 0 spiro atoms. The molecule has 4 nitrogen and oxygen atoms in total. The lowest BCUT2D eigenvalue weighted by Crippen LogP contribution is -2.18. The van der Waals surface area contributed by atoms with Gasteiger partial charge in [0.2, 0.25) is 0 Å². The van der Waals surface area contributed by atoms with Crippen LogP contribution in [0.3, 0.4) is 0 Å². The van der Waals surface area contributed by atoms with Gasteiger partial charge in [0, 0.05) is 10.8 Å². The maximum absolute atomic E-state index is 13.1. The van der Waals surface area contributed by atoms with E-state index in [0.29, 0.717) is 20.8 Å². The zero-order valence-corrected chi connectivity index (χ0v) is 14.6. The Morgan fingerprint density at radius 2 is 1.68 bits per heavy atom. The Bertz CT molecular complexity index is 1180. The number of pyridine rings is 1. The molecule has 0 saturated heterocycles. The average molecular weight is 369 g/mol. The summed E-state index contributed by atoms with van der Waals surface area (Å²) in [7, 11) is 0. The molecule has 2 aromatic carbocycles. The van der Waals surface area contributed by atoms with Crippen molar-refractivity contribution in [3.05, 3.63) is 69.8 Å². The molecule has 2 N–H and O–H groups in total. The van der Waals surface area contributed by atoms with E-state index >= 15 is 0 Å². The number of nitrogens with two attached hydrogens (primary N) is 1. The highest BCUT2D eigenvalue weighted by atomic mass is 35.5. The van der Waals surface area contributed by atoms with E-state index in [1.54, 1.807) is 10.6 Å². The van der Waals surface area contributed by atoms with E-state index in [2.05, 4.69) is 0 Å². The number of carbonyl (C=O) groups excluding carboxylic acids is 1. The molecule has 0 aliphatic rings. The van der Waals surface area contributed by atoms with E-state index < -0.39 is 0 Å². The molecule has 0 radical (unpaired) electrons. The van der Waals surface area contributed by atoms with Crippen LogP contribution < -0.4 is 11.3 Å². The molecule has 0 aliphatic heterocycles. The first-order valence-corrected chi connectivity index (χ1v) is 8.99. The van der Waals surface area contributed by atoms with Crippen molar-refractivity contribution in [2.45, 2.75) is 0 Å². The largest absolute Gasteiger partial charge is 0.397 e. The molecular weight excluding hydrogens is 356 g/mol. The highest BCUT2D eigenvalue weighted by Crippen LogP contribution is 2.38. The summed E-state index contributed by atoms with van der Waals surface area (Å²) >= 11 is 6.94. The van der Waals surface area contributed by atoms with Gasteiger partial charge in [-0.15, -0.1) is 22.9 Å². The molecule has 124 valence electrons. The van der Waals surface area contributed by atoms with Gasteiger partial charge in [-0.1, -0.05) is 36.4 Å². The number of nitrogens with zero attached hydrogens (tertiary/aromatic N) is 1. The number of halogens is 1. The van der Waals surface area contributed by atoms with Gasteiger partial charge < -0.3 is 5.73 Å². The number of Topliss-reactive ketones (excluding diaryl/α,β-unsaturated/α-hetero) is 1. The Labute approximate surface area is 152 Å². The van der Waals surface area contributed by atoms with E-state index in [1.807, 2.05) is 48.5 Å². The number of hydrogen-bond donors (Lipinski definition) is 1. The molecule has 0 atom stereocenters. The molecule has 0 bridgehead atoms. The highest BCUT2D eigenvalue weighted by molar-refractivity contribution is 7.21. The summed E-state index contributed by atoms with van der Waals surface area (Å²) in [6.45, 7) is 0. The summed E-state index contributed by atoms with van der Waals surface area (Å²) in [6, 6.07) is 16.6. The molecule has 2 heterocycles. The maximum Gasteiger partial charge on any atom is 0.264 e. The van der Waals surface area contributed by atoms with Gasteiger partial charge >= 0.3 is 0 Å². The van der Waals surface area contributed by atoms with Crippen LogP contribution in [0, 0.1) is 0 Å². The molecule has 4 aromatic rings. The van der Waals surface area contributed by atoms with Crippen LogP contribution in [-0.4, -0.2) is 16.2 Å². The van der Waals surface area contributed by atoms with E-state index in [0.717, 1.165) is 16.5 Å². The number of carbonyl (C=O) groups is 1. The van der Waals surface area contributed by atoms with Gasteiger partial charge in [0.15, 0.2) is 5.78 Å². The third-order valence-corrected chi connectivity index (χ3v) is 5.62. The van der Waals surface area contributed by atoms with Crippen LogP contribution in [0.15, 0.2) is 59.4 Å². The molecule has 0 fully saturated rings. The highest BCUT2D eigenvalue weighted by Gasteiger charge is 2.22. The third kappa shape index (κ3) is 2.35. The van der Waals surface area contributed by atoms with Crippen LogP contribution in [-0.2, 0) is 0 Å². The average Bonchev–Trinajstić information content (AvgIpc) is 2.99. The van der Waals surface area contributed by atoms with Crippen molar-refractivity contribution in [2.24, 2.45) is 0 Å². The number of benzene rings is 2. The fraction of sp³-hybridized carbons (Fsp3) is 0.0526. The minimum atomic E-state index is -0.239. The lowest BCUT2D eigenvalue weighted by Gasteiger charge is -2.10. The SMILES string of the molecule is Nc1c(C(=O)CCl)sc2c1c1ccccc1c(=O)n2-c1ccccc1. The summed E-state index contributed by atoms with van der Waals surface area (Å²) in [4.78, 5) is 26.4. The van der Waals surface area contributed by atoms with Crippen molar-refractivity contribution in [3.8, 4) is 5.69 Å². The quantitative estimate of drug-likeness (QED) is 0.435. The number of nitrogen functional groups attached to an aromatic ring is 1. The second kappa shape index (κ2) is 6.02. The van der Waals surface area contributed by atoms with E-state index in [-0.39, 0.29) is 17.2 Å². The zero-order chi connectivity index (χ0) is 17.6. The fourth-order valence-electron chi connectivity index (χ4n) is 3.03. The van der Waals surface area contributed by atoms with Gasteiger partial charge in [-0.2, -0.15) is 0 Å². The minimum absolute atomic E-state index is 0.138. The van der Waals surface area contributed by atoms with E-state index in [9.17, 15) is 9.59 Å². The van der Waals surface area contributed by atoms with Crippen LogP contribution in [0.4, 0.5) is 5.69 Å². The topological polar surface area (TPSA) is 65.1 Å². The van der Waals surface area contributed by atoms with Gasteiger partial charge in [-0.05, 0) is 23.6 Å². The van der Waals surface area contributed by atoms with Crippen molar-refractivity contribution in [1.29, 1.82) is 0 Å². The first-order chi connectivity index (χ1) is 12.1. The smallest absolute Gasteiger partial charge is 0.264 e. The Morgan fingerprint density at radius 1 is 1.04 bits per heavy atom. The molecule has 0 saturated carbocycles. The van der Waals surface area contributed by atoms with Crippen molar-refractivity contribution < 1.29 is 4.79 Å². The molecule has 2 aromatic heterocycles. The lowest BCUT2D eigenvalue weighted by atomic mass is 10.1. The standard InChI is InChI=1S/C19H13ClN2O2S/c20-10-14(23)17-16(21)15-12-8-4-5-9-13(12)18(24)22(19(15)25-17)11-6-2-1-3-7-11/h1-9H,10,21H2. The van der Waals surface area contributed by atoms with Crippen LogP contribution in [0.1, 0.15) is 9.67 Å². The van der Waals surface area contributed by atoms with Gasteiger partial charge in [-0.3, -0.25) is 14.2 Å². The Hall–Kier alpha value is -2.63. The van der Waals surface area contributed by atoms with Gasteiger partial charge in [0.05, 0.1) is 22.1 Å². The van der Waals surface area contributed by atoms with Gasteiger partial charge in [-0.25, -0.2) is 0 Å². The number of hydrogen-bond acceptors (Lipinski definition) is 4. The van der Waals surface area contributed by atoms with Crippen molar-refractivity contribution >= 4 is 55.4 Å². The minimum Gasteiger partial charge on any atom is -0.397 e. The van der Waals surface area contributed by atoms with Crippen LogP contribution in [0.5, 0.6) is 0 Å². The van der Waals surface area contributed by atoms with Crippen molar-refractivity contribution in [1.82, 2.24) is 4.57 Å². The molecule has 6 heteroatoms. The number of thiophene rings is 1. The second-order valence-electron chi connectivity index (χ2n) is 5.60. The number of rotatable bonds is 3. The second-order valence-corrected chi connectivity index (χ2v) is 6.87. The van der Waals surface area contributed by atoms with Crippen LogP contribution in [0.2, 0.25) is 0 Å². The van der Waals surface area contributed by atoms with Crippen LogP contribution in [0.25, 0.3) is 26.7 Å². The summed E-state index contributed by atoms with van der Waals surface area (Å²) in [6.07, 6.45) is 0. The zero-order valence-electron chi connectivity index (χ0n) is 13.0. The van der Waals surface area contributed by atoms with E-state index in [1.165, 1.54) is 11.3 Å². The summed E-state index contributed by atoms with van der Waals surface area (Å²) in [5.74, 6) is -0.388. The summed E-state index contributed by atoms with van der Waals surface area (Å²) < 4.78 is 1.61. The van der Waals surface area contributed by atoms with Crippen molar-refractivity contribution in [3.63, 3.8) is 0 Å². The Kier molecular flexibility index (Phi) is 3.82. The fourth-order valence-corrected chi connectivity index (χ4v) is 4.43. The summed E-state index contributed by atoms with van der Waals surface area (Å²) in [5, 5.41) is 2.03. The number of fused-ring (bicyclic) bond motifs is 3. The molecular formula is C19H13ClN2O2S. The number of ketones is 1. The summed E-state index contributed by atoms with van der Waals surface area (Å²) in [5.41, 5.74) is 7.27. The number of alkyl halides is 1. The molecule has 0 amide bonds. The molecule has 0 aliphatic carbocycles. The van der Waals surface area contributed by atoms with Gasteiger partial charge in [0.25, 0.3) is 5.56 Å². The normalized spacial score (nSPS) is 11.2. The lowest BCUT2D eigenvalue weighted by molar-refractivity contribution is 0.102. The van der Waals surface area contributed by atoms with Gasteiger partial charge in [0.1, 0.15) is 4.83 Å². The van der Waals surface area contributed by atoms with Crippen LogP contribution >= 0.6 is 22.9 Å². The predicted molar refractivity (Wildman–Crippen MR) is 104 cm³/mol. The number of anilines is 1. The van der Waals surface area contributed by atoms with Crippen molar-refractivity contribution in [2.75, 3.05) is 11.6 Å². The Morgan fingerprint density at radius 3 is 2.36 bits per heavy atom. The molecule has 0 unspecified atom stereocenters. The monoisotopic (exact) mass is 368 g/mol. The third-order valence-electron chi connectivity index (χ3n) is 4.15. The number of aromatic nitrogens is 1. The Balaban J connectivity index is 2.26. The maximum atomic E-state index is 13.1. The first-order valence-electron chi connectivity index (χ1n) is 7.63. The molecule has 4 rings (SSSR count). The molecule has 25 heavy (non-hydrogen) atoms. The first kappa shape index (κ1) is 15.9. The number of para-hydroxylation sites is 1. The predicted octanol–water partition coefficient (Wildman–Crippen LogP) is 4.21.